The fraction of sp³-hybridized carbons (Fsp3) is 0.432. The van der Waals surface area contributed by atoms with Crippen molar-refractivity contribution in [2.75, 3.05) is 49.5 Å². The molecule has 15 nitrogen and oxygen atoms in total. The van der Waals surface area contributed by atoms with Crippen LogP contribution in [0.25, 0.3) is 16.4 Å². The van der Waals surface area contributed by atoms with Gasteiger partial charge in [-0.05, 0) is 82.0 Å². The van der Waals surface area contributed by atoms with Crippen LogP contribution in [-0.4, -0.2) is 109 Å². The maximum atomic E-state index is 15.9. The molecule has 3 atom stereocenters. The molecule has 0 radical (unpaired) electrons. The van der Waals surface area contributed by atoms with E-state index in [1.807, 2.05) is 16.9 Å². The first-order valence-electron chi connectivity index (χ1n) is 20.8. The van der Waals surface area contributed by atoms with Gasteiger partial charge >= 0.3 is 0 Å². The van der Waals surface area contributed by atoms with E-state index in [1.54, 1.807) is 54.0 Å². The van der Waals surface area contributed by atoms with Gasteiger partial charge in [0.2, 0.25) is 17.7 Å². The summed E-state index contributed by atoms with van der Waals surface area (Å²) < 4.78 is 49.5. The van der Waals surface area contributed by atoms with Crippen molar-refractivity contribution in [1.29, 1.82) is 5.26 Å². The monoisotopic (exact) mass is 850 g/mol. The van der Waals surface area contributed by atoms with E-state index < -0.39 is 53.0 Å². The number of likely N-dealkylation sites (tertiary alicyclic amines) is 2. The molecule has 0 bridgehead atoms. The predicted molar refractivity (Wildman–Crippen MR) is 220 cm³/mol. The maximum Gasteiger partial charge on any atom is 0.274 e. The SMILES string of the molecule is CC(C)(O)c1cc2nn(C3CCN(C4CCN(C(=O)C5CN(c6cc(F)c([C@H]7CCC(=O)NC7=O)c(F)c6)C5)C[C@@H]4F)CC3)cc2cc1NC(=O)c1ccc2cc(C#N)cnn12. The molecule has 0 aliphatic carbocycles. The minimum atomic E-state index is -1.31. The van der Waals surface area contributed by atoms with Crippen molar-refractivity contribution in [1.82, 2.24) is 34.5 Å². The van der Waals surface area contributed by atoms with E-state index in [4.69, 9.17) is 5.10 Å². The number of aliphatic hydroxyl groups is 1. The van der Waals surface area contributed by atoms with E-state index in [0.29, 0.717) is 53.9 Å². The molecule has 9 rings (SSSR count). The molecule has 0 saturated carbocycles. The summed E-state index contributed by atoms with van der Waals surface area (Å²) in [5, 5.41) is 35.3. The number of amides is 4. The number of nitriles is 1. The number of nitrogens with zero attached hydrogens (tertiary/aromatic N) is 8. The Bertz CT molecular complexity index is 2650. The van der Waals surface area contributed by atoms with Crippen molar-refractivity contribution >= 4 is 51.4 Å². The lowest BCUT2D eigenvalue weighted by Crippen LogP contribution is -2.60. The molecule has 5 aromatic rings. The fourth-order valence-corrected chi connectivity index (χ4v) is 9.45. The highest BCUT2D eigenvalue weighted by Crippen LogP contribution is 2.37. The Balaban J connectivity index is 0.792. The van der Waals surface area contributed by atoms with Crippen molar-refractivity contribution < 1.29 is 37.5 Å². The molecule has 4 aliphatic heterocycles. The van der Waals surface area contributed by atoms with Crippen molar-refractivity contribution in [2.45, 2.75) is 75.7 Å². The molecule has 4 saturated heterocycles. The van der Waals surface area contributed by atoms with E-state index >= 15 is 13.2 Å². The zero-order valence-corrected chi connectivity index (χ0v) is 34.2. The number of carbonyl (C=O) groups excluding carboxylic acids is 4. The molecule has 1 unspecified atom stereocenters. The molecule has 7 heterocycles. The van der Waals surface area contributed by atoms with Crippen LogP contribution in [0.4, 0.5) is 24.5 Å². The average Bonchev–Trinajstić information content (AvgIpc) is 3.84. The third-order valence-electron chi connectivity index (χ3n) is 12.8. The lowest BCUT2D eigenvalue weighted by molar-refractivity contribution is -0.140. The van der Waals surface area contributed by atoms with Gasteiger partial charge in [-0.25, -0.2) is 17.7 Å². The van der Waals surface area contributed by atoms with Crippen LogP contribution in [0.15, 0.2) is 54.9 Å². The highest BCUT2D eigenvalue weighted by atomic mass is 19.1. The molecule has 0 spiro atoms. The Morgan fingerprint density at radius 1 is 0.984 bits per heavy atom. The number of fused-ring (bicyclic) bond motifs is 2. The summed E-state index contributed by atoms with van der Waals surface area (Å²) in [7, 11) is 0. The van der Waals surface area contributed by atoms with E-state index in [-0.39, 0.29) is 67.4 Å². The molecule has 3 N–H and O–H groups in total. The molecule has 4 aliphatic rings. The lowest BCUT2D eigenvalue weighted by atomic mass is 9.89. The van der Waals surface area contributed by atoms with Gasteiger partial charge in [-0.2, -0.15) is 15.5 Å². The third kappa shape index (κ3) is 7.64. The van der Waals surface area contributed by atoms with Crippen LogP contribution in [0.2, 0.25) is 0 Å². The zero-order chi connectivity index (χ0) is 43.6. The number of hydrogen-bond acceptors (Lipinski definition) is 10. The third-order valence-corrected chi connectivity index (χ3v) is 12.8. The van der Waals surface area contributed by atoms with Crippen molar-refractivity contribution in [2.24, 2.45) is 5.92 Å². The number of carbonyl (C=O) groups is 4. The van der Waals surface area contributed by atoms with E-state index in [9.17, 15) is 29.5 Å². The van der Waals surface area contributed by atoms with Gasteiger partial charge < -0.3 is 20.2 Å². The smallest absolute Gasteiger partial charge is 0.274 e. The van der Waals surface area contributed by atoms with Gasteiger partial charge in [0.15, 0.2) is 0 Å². The Morgan fingerprint density at radius 3 is 2.40 bits per heavy atom. The Morgan fingerprint density at radius 2 is 1.73 bits per heavy atom. The lowest BCUT2D eigenvalue weighted by Gasteiger charge is -2.46. The van der Waals surface area contributed by atoms with Gasteiger partial charge in [-0.15, -0.1) is 0 Å². The van der Waals surface area contributed by atoms with Crippen LogP contribution in [-0.2, 0) is 20.0 Å². The van der Waals surface area contributed by atoms with Gasteiger partial charge in [-0.1, -0.05) is 0 Å². The molecular weight excluding hydrogens is 806 g/mol. The van der Waals surface area contributed by atoms with Crippen LogP contribution in [0.5, 0.6) is 0 Å². The van der Waals surface area contributed by atoms with Gasteiger partial charge in [-0.3, -0.25) is 34.1 Å². The quantitative estimate of drug-likeness (QED) is 0.188. The Hall–Kier alpha value is -6.32. The highest BCUT2D eigenvalue weighted by molar-refractivity contribution is 6.05. The van der Waals surface area contributed by atoms with Crippen LogP contribution in [0.3, 0.4) is 0 Å². The van der Waals surface area contributed by atoms with Crippen molar-refractivity contribution in [3.05, 3.63) is 88.9 Å². The van der Waals surface area contributed by atoms with Gasteiger partial charge in [0.1, 0.15) is 29.6 Å². The number of alkyl halides is 1. The number of benzene rings is 2. The van der Waals surface area contributed by atoms with Crippen molar-refractivity contribution in [3.8, 4) is 6.07 Å². The largest absolute Gasteiger partial charge is 0.386 e. The number of imide groups is 1. The zero-order valence-electron chi connectivity index (χ0n) is 34.2. The van der Waals surface area contributed by atoms with Crippen molar-refractivity contribution in [3.63, 3.8) is 0 Å². The first kappa shape index (κ1) is 41.1. The number of hydrogen-bond donors (Lipinski definition) is 3. The molecule has 322 valence electrons. The molecule has 3 aromatic heterocycles. The summed E-state index contributed by atoms with van der Waals surface area (Å²) in [6, 6.07) is 12.6. The summed E-state index contributed by atoms with van der Waals surface area (Å²) in [4.78, 5) is 56.1. The van der Waals surface area contributed by atoms with Gasteiger partial charge in [0.05, 0.1) is 52.8 Å². The first-order valence-corrected chi connectivity index (χ1v) is 20.8. The number of rotatable bonds is 8. The minimum Gasteiger partial charge on any atom is -0.386 e. The molecule has 4 fully saturated rings. The molecule has 62 heavy (non-hydrogen) atoms. The topological polar surface area (TPSA) is 181 Å². The summed E-state index contributed by atoms with van der Waals surface area (Å²) in [6.07, 6.45) is 3.98. The van der Waals surface area contributed by atoms with Crippen LogP contribution in [0.1, 0.15) is 85.1 Å². The number of halogens is 3. The first-order chi connectivity index (χ1) is 29.6. The summed E-state index contributed by atoms with van der Waals surface area (Å²) in [5.41, 5.74) is 1.35. The van der Waals surface area contributed by atoms with E-state index in [2.05, 4.69) is 20.6 Å². The second kappa shape index (κ2) is 15.9. The number of aromatic nitrogens is 4. The van der Waals surface area contributed by atoms with Gasteiger partial charge in [0, 0.05) is 79.3 Å². The van der Waals surface area contributed by atoms with Crippen LogP contribution >= 0.6 is 0 Å². The second-order valence-electron chi connectivity index (χ2n) is 17.3. The molecule has 4 amide bonds. The maximum absolute atomic E-state index is 15.9. The summed E-state index contributed by atoms with van der Waals surface area (Å²) in [6.45, 7) is 5.37. The second-order valence-corrected chi connectivity index (χ2v) is 17.3. The van der Waals surface area contributed by atoms with E-state index in [1.165, 1.54) is 10.7 Å². The predicted octanol–water partition coefficient (Wildman–Crippen LogP) is 4.55. The van der Waals surface area contributed by atoms with Crippen LogP contribution < -0.4 is 15.5 Å². The number of piperidine rings is 3. The Labute approximate surface area is 354 Å². The Kier molecular flexibility index (Phi) is 10.5. The summed E-state index contributed by atoms with van der Waals surface area (Å²) in [5.74, 6) is -5.14. The highest BCUT2D eigenvalue weighted by Gasteiger charge is 2.42. The normalized spacial score (nSPS) is 21.9. The minimum absolute atomic E-state index is 0.00635. The number of anilines is 2. The standard InChI is InChI=1S/C44H45F3N10O5/c1-44(2,62)31-17-35-25(14-36(31)50-42(60)38-5-3-28-13-24(18-48)19-49-57(28)38)22-56(52-35)27-7-10-53(11-8-27)37-9-12-54(23-34(37)47)43(61)26-20-55(21-26)29-15-32(45)40(33(46)16-29)30-4-6-39(58)51-41(30)59/h3,5,13-17,19,22,26-27,30,34,37,62H,4,6-12,20-21,23H2,1-2H3,(H,50,60)(H,51,58,59)/t30-,34+,37?/m1/s1. The van der Waals surface area contributed by atoms with Crippen LogP contribution in [0, 0.1) is 28.9 Å². The molecule has 18 heteroatoms. The van der Waals surface area contributed by atoms with Gasteiger partial charge in [0.25, 0.3) is 5.91 Å². The summed E-state index contributed by atoms with van der Waals surface area (Å²) >= 11 is 0. The van der Waals surface area contributed by atoms with E-state index in [0.717, 1.165) is 30.4 Å². The molecular formula is C44H45F3N10O5. The average molecular weight is 851 g/mol. The number of nitrogens with one attached hydrogen (secondary N) is 2. The molecule has 2 aromatic carbocycles. The fourth-order valence-electron chi connectivity index (χ4n) is 9.45.